The maximum Gasteiger partial charge on any atom is 0.199 e. The van der Waals surface area contributed by atoms with Gasteiger partial charge in [-0.2, -0.15) is 0 Å². The van der Waals surface area contributed by atoms with Gasteiger partial charge >= 0.3 is 0 Å². The lowest BCUT2D eigenvalue weighted by Crippen LogP contribution is -2.29. The van der Waals surface area contributed by atoms with E-state index in [0.29, 0.717) is 0 Å². The van der Waals surface area contributed by atoms with Crippen molar-refractivity contribution in [1.82, 2.24) is 9.80 Å². The number of hydrogen-bond acceptors (Lipinski definition) is 5. The summed E-state index contributed by atoms with van der Waals surface area (Å²) in [4.78, 5) is 5.38. The quantitative estimate of drug-likeness (QED) is 0.0655. The van der Waals surface area contributed by atoms with Crippen LogP contribution in [-0.2, 0) is 4.74 Å². The van der Waals surface area contributed by atoms with E-state index in [0.717, 1.165) is 38.2 Å². The second kappa shape index (κ2) is 29.4. The summed E-state index contributed by atoms with van der Waals surface area (Å²) in [6, 6.07) is 7.06. The minimum absolute atomic E-state index is 0.245. The lowest BCUT2D eigenvalue weighted by atomic mass is 10.1. The Kier molecular flexibility index (Phi) is 27.2. The van der Waals surface area contributed by atoms with Gasteiger partial charge in [0.15, 0.2) is 6.29 Å². The molecule has 5 nitrogen and oxygen atoms in total. The second-order valence-electron chi connectivity index (χ2n) is 12.7. The molecule has 5 heteroatoms. The normalized spacial score (nSPS) is 12.4. The van der Waals surface area contributed by atoms with Gasteiger partial charge in [0, 0.05) is 6.42 Å². The molecule has 1 rings (SSSR count). The van der Waals surface area contributed by atoms with Crippen LogP contribution in [0.5, 0.6) is 11.5 Å². The highest BCUT2D eigenvalue weighted by molar-refractivity contribution is 5.30. The minimum atomic E-state index is -0.245. The van der Waals surface area contributed by atoms with Crippen LogP contribution >= 0.6 is 0 Å². The average Bonchev–Trinajstić information content (AvgIpc) is 3.01. The van der Waals surface area contributed by atoms with Crippen molar-refractivity contribution in [2.45, 2.75) is 162 Å². The van der Waals surface area contributed by atoms with Gasteiger partial charge in [0.05, 0.1) is 6.61 Å². The number of ether oxygens (including phenoxy) is 2. The molecule has 1 N–H and O–H groups in total. The predicted molar refractivity (Wildman–Crippen MR) is 186 cm³/mol. The van der Waals surface area contributed by atoms with Gasteiger partial charge < -0.3 is 24.4 Å². The van der Waals surface area contributed by atoms with E-state index in [1.165, 1.54) is 142 Å². The number of hydrogen-bond donors (Lipinski definition) is 1. The first-order valence-corrected chi connectivity index (χ1v) is 18.6. The molecule has 0 fully saturated rings. The van der Waals surface area contributed by atoms with Crippen LogP contribution in [0.25, 0.3) is 0 Å². The second-order valence-corrected chi connectivity index (χ2v) is 12.7. The zero-order chi connectivity index (χ0) is 31.2. The standard InChI is InChI=1S/C38H72N2O3/c1-5-9-13-17-29-39(30-18-14-10-6-2)33-21-22-35-42-38(43-37-27-25-36(41)26-28-37)24-23-34-40(31-19-15-11-7-3)32-20-16-12-8-4/h25-28,38,41H,5-24,29-35H2,1-4H3. The zero-order valence-electron chi connectivity index (χ0n) is 29.1. The summed E-state index contributed by atoms with van der Waals surface area (Å²) in [6.45, 7) is 17.1. The van der Waals surface area contributed by atoms with Crippen molar-refractivity contribution in [3.8, 4) is 11.5 Å². The van der Waals surface area contributed by atoms with E-state index in [2.05, 4.69) is 37.5 Å². The first-order valence-electron chi connectivity index (χ1n) is 18.6. The minimum Gasteiger partial charge on any atom is -0.508 e. The highest BCUT2D eigenvalue weighted by atomic mass is 16.7. The van der Waals surface area contributed by atoms with Gasteiger partial charge in [0.1, 0.15) is 11.5 Å². The van der Waals surface area contributed by atoms with Gasteiger partial charge in [0.2, 0.25) is 0 Å². The maximum absolute atomic E-state index is 9.71. The summed E-state index contributed by atoms with van der Waals surface area (Å²) in [6.07, 6.45) is 25.2. The van der Waals surface area contributed by atoms with Crippen molar-refractivity contribution in [3.63, 3.8) is 0 Å². The lowest BCUT2D eigenvalue weighted by molar-refractivity contribution is -0.0873. The fraction of sp³-hybridized carbons (Fsp3) is 0.842. The van der Waals surface area contributed by atoms with E-state index >= 15 is 0 Å². The molecule has 0 heterocycles. The Labute approximate surface area is 268 Å². The molecule has 0 saturated heterocycles. The molecule has 1 aromatic rings. The third kappa shape index (κ3) is 23.7. The van der Waals surface area contributed by atoms with Crippen LogP contribution in [0.1, 0.15) is 156 Å². The molecular weight excluding hydrogens is 532 g/mol. The fourth-order valence-corrected chi connectivity index (χ4v) is 5.71. The molecule has 0 saturated carbocycles. The van der Waals surface area contributed by atoms with Crippen LogP contribution < -0.4 is 4.74 Å². The van der Waals surface area contributed by atoms with Crippen molar-refractivity contribution in [1.29, 1.82) is 0 Å². The molecule has 0 radical (unpaired) electrons. The van der Waals surface area contributed by atoms with Gasteiger partial charge in [0.25, 0.3) is 0 Å². The van der Waals surface area contributed by atoms with E-state index in [1.807, 2.05) is 12.1 Å². The first-order chi connectivity index (χ1) is 21.1. The van der Waals surface area contributed by atoms with Crippen molar-refractivity contribution >= 4 is 0 Å². The number of phenolic OH excluding ortho intramolecular Hbond substituents is 1. The summed E-state index contributed by atoms with van der Waals surface area (Å²) in [5.74, 6) is 1.03. The number of benzene rings is 1. The van der Waals surface area contributed by atoms with Gasteiger partial charge in [-0.25, -0.2) is 0 Å². The SMILES string of the molecule is CCCCCCN(CCCCCC)CCCCOC(CCCN(CCCCCC)CCCCCC)Oc1ccc(O)cc1. The van der Waals surface area contributed by atoms with Gasteiger partial charge in [-0.3, -0.25) is 0 Å². The van der Waals surface area contributed by atoms with E-state index in [4.69, 9.17) is 9.47 Å². The van der Waals surface area contributed by atoms with Crippen LogP contribution in [0.15, 0.2) is 24.3 Å². The summed E-state index contributed by atoms with van der Waals surface area (Å²) in [7, 11) is 0. The zero-order valence-corrected chi connectivity index (χ0v) is 29.1. The molecule has 43 heavy (non-hydrogen) atoms. The Balaban J connectivity index is 2.57. The van der Waals surface area contributed by atoms with Gasteiger partial charge in [-0.05, 0) is 108 Å². The maximum atomic E-state index is 9.71. The van der Waals surface area contributed by atoms with Crippen molar-refractivity contribution in [2.24, 2.45) is 0 Å². The van der Waals surface area contributed by atoms with E-state index in [-0.39, 0.29) is 12.0 Å². The van der Waals surface area contributed by atoms with E-state index < -0.39 is 0 Å². The van der Waals surface area contributed by atoms with Crippen LogP contribution in [0.4, 0.5) is 0 Å². The molecule has 0 amide bonds. The number of unbranched alkanes of at least 4 members (excludes halogenated alkanes) is 13. The molecular formula is C38H72N2O3. The van der Waals surface area contributed by atoms with E-state index in [1.54, 1.807) is 12.1 Å². The highest BCUT2D eigenvalue weighted by Gasteiger charge is 2.14. The number of rotatable bonds is 32. The lowest BCUT2D eigenvalue weighted by Gasteiger charge is -2.25. The number of nitrogens with zero attached hydrogens (tertiary/aromatic N) is 2. The molecule has 0 aliphatic carbocycles. The van der Waals surface area contributed by atoms with Gasteiger partial charge in [-0.15, -0.1) is 0 Å². The van der Waals surface area contributed by atoms with Crippen molar-refractivity contribution in [3.05, 3.63) is 24.3 Å². The molecule has 1 unspecified atom stereocenters. The third-order valence-electron chi connectivity index (χ3n) is 8.50. The van der Waals surface area contributed by atoms with Crippen LogP contribution in [0, 0.1) is 0 Å². The molecule has 0 aliphatic heterocycles. The largest absolute Gasteiger partial charge is 0.508 e. The van der Waals surface area contributed by atoms with Crippen molar-refractivity contribution < 1.29 is 14.6 Å². The van der Waals surface area contributed by atoms with E-state index in [9.17, 15) is 5.11 Å². The first kappa shape index (κ1) is 39.7. The Morgan fingerprint density at radius 2 is 0.907 bits per heavy atom. The number of aromatic hydroxyl groups is 1. The summed E-state index contributed by atoms with van der Waals surface area (Å²) in [5.41, 5.74) is 0. The molecule has 0 bridgehead atoms. The van der Waals surface area contributed by atoms with Crippen LogP contribution in [0.3, 0.4) is 0 Å². The summed E-state index contributed by atoms with van der Waals surface area (Å²) >= 11 is 0. The Morgan fingerprint density at radius 1 is 0.512 bits per heavy atom. The molecule has 0 spiro atoms. The Morgan fingerprint density at radius 3 is 1.33 bits per heavy atom. The highest BCUT2D eigenvalue weighted by Crippen LogP contribution is 2.20. The monoisotopic (exact) mass is 605 g/mol. The van der Waals surface area contributed by atoms with Crippen molar-refractivity contribution in [2.75, 3.05) is 45.9 Å². The summed E-state index contributed by atoms with van der Waals surface area (Å²) in [5, 5.41) is 9.71. The Hall–Kier alpha value is -1.30. The van der Waals surface area contributed by atoms with Gasteiger partial charge in [-0.1, -0.05) is 105 Å². The fourth-order valence-electron chi connectivity index (χ4n) is 5.71. The summed E-state index contributed by atoms with van der Waals surface area (Å²) < 4.78 is 12.7. The Bertz CT molecular complexity index is 675. The predicted octanol–water partition coefficient (Wildman–Crippen LogP) is 10.6. The molecule has 1 atom stereocenters. The molecule has 0 aromatic heterocycles. The topological polar surface area (TPSA) is 45.2 Å². The van der Waals surface area contributed by atoms with Crippen LogP contribution in [0.2, 0.25) is 0 Å². The van der Waals surface area contributed by atoms with Crippen LogP contribution in [-0.4, -0.2) is 67.1 Å². The molecule has 0 aliphatic rings. The molecule has 1 aromatic carbocycles. The number of phenols is 1. The molecule has 252 valence electrons. The third-order valence-corrected chi connectivity index (χ3v) is 8.50. The average molecular weight is 605 g/mol. The smallest absolute Gasteiger partial charge is 0.199 e.